The van der Waals surface area contributed by atoms with Crippen molar-refractivity contribution in [3.05, 3.63) is 51.5 Å². The number of amides is 1. The van der Waals surface area contributed by atoms with Crippen LogP contribution in [0, 0.1) is 11.6 Å². The van der Waals surface area contributed by atoms with Gasteiger partial charge in [-0.25, -0.2) is 18.6 Å². The molecule has 1 aromatic heterocycles. The molecule has 104 valence electrons. The van der Waals surface area contributed by atoms with Crippen LogP contribution >= 0.6 is 11.3 Å². The van der Waals surface area contributed by atoms with Crippen LogP contribution in [0.25, 0.3) is 0 Å². The lowest BCUT2D eigenvalue weighted by Gasteiger charge is -2.03. The Kier molecular flexibility index (Phi) is 4.04. The van der Waals surface area contributed by atoms with Gasteiger partial charge in [0.15, 0.2) is 17.3 Å². The summed E-state index contributed by atoms with van der Waals surface area (Å²) < 4.78 is 25.7. The molecule has 0 fully saturated rings. The van der Waals surface area contributed by atoms with Gasteiger partial charge in [0.1, 0.15) is 5.01 Å². The van der Waals surface area contributed by atoms with E-state index in [0.717, 1.165) is 29.5 Å². The molecular weight excluding hydrogens is 290 g/mol. The second-order valence-electron chi connectivity index (χ2n) is 3.74. The average Bonchev–Trinajstić information content (AvgIpc) is 2.88. The van der Waals surface area contributed by atoms with Crippen LogP contribution < -0.4 is 5.32 Å². The van der Waals surface area contributed by atoms with Crippen molar-refractivity contribution in [3.63, 3.8) is 0 Å². The van der Waals surface area contributed by atoms with Gasteiger partial charge in [-0.1, -0.05) is 0 Å². The molecule has 0 atom stereocenters. The molecule has 0 aliphatic heterocycles. The molecule has 5 nitrogen and oxygen atoms in total. The summed E-state index contributed by atoms with van der Waals surface area (Å²) in [5.74, 6) is -3.90. The highest BCUT2D eigenvalue weighted by molar-refractivity contribution is 7.09. The van der Waals surface area contributed by atoms with Crippen LogP contribution in [0.4, 0.5) is 8.78 Å². The van der Waals surface area contributed by atoms with Gasteiger partial charge in [-0.3, -0.25) is 4.79 Å². The number of carbonyl (C=O) groups excluding carboxylic acids is 1. The number of benzene rings is 1. The maximum Gasteiger partial charge on any atom is 0.355 e. The fraction of sp³-hybridized carbons (Fsp3) is 0.0833. The highest BCUT2D eigenvalue weighted by Crippen LogP contribution is 2.11. The first-order valence-corrected chi connectivity index (χ1v) is 6.26. The Morgan fingerprint density at radius 1 is 1.30 bits per heavy atom. The van der Waals surface area contributed by atoms with Gasteiger partial charge in [0.05, 0.1) is 6.54 Å². The Morgan fingerprint density at radius 2 is 2.05 bits per heavy atom. The van der Waals surface area contributed by atoms with E-state index in [9.17, 15) is 18.4 Å². The summed E-state index contributed by atoms with van der Waals surface area (Å²) >= 11 is 1.08. The summed E-state index contributed by atoms with van der Waals surface area (Å²) in [5, 5.41) is 12.9. The number of halogens is 2. The number of thiazole rings is 1. The zero-order valence-electron chi connectivity index (χ0n) is 9.89. The lowest BCUT2D eigenvalue weighted by molar-refractivity contribution is 0.0691. The summed E-state index contributed by atoms with van der Waals surface area (Å²) in [4.78, 5) is 26.1. The van der Waals surface area contributed by atoms with Gasteiger partial charge >= 0.3 is 5.97 Å². The summed E-state index contributed by atoms with van der Waals surface area (Å²) in [7, 11) is 0. The predicted molar refractivity (Wildman–Crippen MR) is 66.6 cm³/mol. The van der Waals surface area contributed by atoms with Crippen LogP contribution in [-0.2, 0) is 6.54 Å². The Labute approximate surface area is 115 Å². The Morgan fingerprint density at radius 3 is 2.65 bits per heavy atom. The van der Waals surface area contributed by atoms with Crippen molar-refractivity contribution in [3.8, 4) is 0 Å². The maximum absolute atomic E-state index is 13.0. The molecular formula is C12H8F2N2O3S. The molecule has 1 heterocycles. The number of nitrogens with one attached hydrogen (secondary N) is 1. The summed E-state index contributed by atoms with van der Waals surface area (Å²) in [6.07, 6.45) is 0. The molecule has 1 aromatic carbocycles. The van der Waals surface area contributed by atoms with Gasteiger partial charge in [0.25, 0.3) is 5.91 Å². The van der Waals surface area contributed by atoms with Crippen molar-refractivity contribution in [2.45, 2.75) is 6.54 Å². The van der Waals surface area contributed by atoms with E-state index < -0.39 is 23.5 Å². The standard InChI is InChI=1S/C12H8F2N2O3S/c13-7-2-1-6(3-8(7)14)11(17)15-4-10-16-9(5-20-10)12(18)19/h1-3,5H,4H2,(H,15,17)(H,18,19). The maximum atomic E-state index is 13.0. The third-order valence-corrected chi connectivity index (χ3v) is 3.20. The first-order valence-electron chi connectivity index (χ1n) is 5.38. The summed E-state index contributed by atoms with van der Waals surface area (Å²) in [6.45, 7) is 0.00970. The van der Waals surface area contributed by atoms with Gasteiger partial charge in [0, 0.05) is 10.9 Å². The van der Waals surface area contributed by atoms with Gasteiger partial charge in [-0.05, 0) is 18.2 Å². The number of aromatic carboxylic acids is 1. The molecule has 0 radical (unpaired) electrons. The molecule has 0 unspecified atom stereocenters. The number of carboxylic acid groups (broad SMARTS) is 1. The van der Waals surface area contributed by atoms with Crippen molar-refractivity contribution in [2.75, 3.05) is 0 Å². The topological polar surface area (TPSA) is 79.3 Å². The third kappa shape index (κ3) is 3.15. The lowest BCUT2D eigenvalue weighted by atomic mass is 10.2. The first-order chi connectivity index (χ1) is 9.47. The zero-order chi connectivity index (χ0) is 14.7. The second-order valence-corrected chi connectivity index (χ2v) is 4.69. The lowest BCUT2D eigenvalue weighted by Crippen LogP contribution is -2.23. The van der Waals surface area contributed by atoms with E-state index in [-0.39, 0.29) is 17.8 Å². The molecule has 0 aliphatic carbocycles. The number of hydrogen-bond donors (Lipinski definition) is 2. The zero-order valence-corrected chi connectivity index (χ0v) is 10.7. The molecule has 20 heavy (non-hydrogen) atoms. The molecule has 2 rings (SSSR count). The van der Waals surface area contributed by atoms with E-state index >= 15 is 0 Å². The normalized spacial score (nSPS) is 10.3. The van der Waals surface area contributed by atoms with E-state index in [0.29, 0.717) is 5.01 Å². The fourth-order valence-electron chi connectivity index (χ4n) is 1.39. The van der Waals surface area contributed by atoms with Crippen LogP contribution in [0.15, 0.2) is 23.6 Å². The molecule has 0 aliphatic rings. The minimum absolute atomic E-state index is 0.00970. The Hall–Kier alpha value is -2.35. The number of carboxylic acids is 1. The molecule has 2 aromatic rings. The Balaban J connectivity index is 2.00. The SMILES string of the molecule is O=C(NCc1nc(C(=O)O)cs1)c1ccc(F)c(F)c1. The highest BCUT2D eigenvalue weighted by atomic mass is 32.1. The van der Waals surface area contributed by atoms with E-state index in [1.807, 2.05) is 0 Å². The molecule has 8 heteroatoms. The summed E-state index contributed by atoms with van der Waals surface area (Å²) in [5.41, 5.74) is -0.133. The van der Waals surface area contributed by atoms with Crippen LogP contribution in [0.2, 0.25) is 0 Å². The highest BCUT2D eigenvalue weighted by Gasteiger charge is 2.12. The van der Waals surface area contributed by atoms with Gasteiger partial charge in [0.2, 0.25) is 0 Å². The van der Waals surface area contributed by atoms with Crippen LogP contribution in [0.5, 0.6) is 0 Å². The Bertz CT molecular complexity index is 672. The number of aromatic nitrogens is 1. The molecule has 0 spiro atoms. The number of rotatable bonds is 4. The molecule has 1 amide bonds. The van der Waals surface area contributed by atoms with Crippen molar-refractivity contribution in [2.24, 2.45) is 0 Å². The molecule has 0 saturated heterocycles. The number of nitrogens with zero attached hydrogens (tertiary/aromatic N) is 1. The number of carbonyl (C=O) groups is 2. The van der Waals surface area contributed by atoms with Crippen molar-refractivity contribution >= 4 is 23.2 Å². The molecule has 0 saturated carbocycles. The second kappa shape index (κ2) is 5.74. The average molecular weight is 298 g/mol. The minimum atomic E-state index is -1.15. The van der Waals surface area contributed by atoms with Crippen LogP contribution in [0.3, 0.4) is 0 Å². The van der Waals surface area contributed by atoms with E-state index in [1.54, 1.807) is 0 Å². The van der Waals surface area contributed by atoms with Gasteiger partial charge < -0.3 is 10.4 Å². The van der Waals surface area contributed by atoms with Crippen molar-refractivity contribution in [1.29, 1.82) is 0 Å². The molecule has 0 bridgehead atoms. The van der Waals surface area contributed by atoms with Gasteiger partial charge in [-0.2, -0.15) is 0 Å². The van der Waals surface area contributed by atoms with E-state index in [4.69, 9.17) is 5.11 Å². The largest absolute Gasteiger partial charge is 0.476 e. The predicted octanol–water partition coefficient (Wildman–Crippen LogP) is 2.05. The fourth-order valence-corrected chi connectivity index (χ4v) is 2.09. The smallest absolute Gasteiger partial charge is 0.355 e. The quantitative estimate of drug-likeness (QED) is 0.905. The first kappa shape index (κ1) is 14.1. The van der Waals surface area contributed by atoms with E-state index in [1.165, 1.54) is 5.38 Å². The molecule has 2 N–H and O–H groups in total. The number of hydrogen-bond acceptors (Lipinski definition) is 4. The van der Waals surface area contributed by atoms with Crippen molar-refractivity contribution < 1.29 is 23.5 Å². The monoisotopic (exact) mass is 298 g/mol. The van der Waals surface area contributed by atoms with Crippen LogP contribution in [0.1, 0.15) is 25.9 Å². The van der Waals surface area contributed by atoms with Crippen molar-refractivity contribution in [1.82, 2.24) is 10.3 Å². The summed E-state index contributed by atoms with van der Waals surface area (Å²) in [6, 6.07) is 2.80. The third-order valence-electron chi connectivity index (χ3n) is 2.35. The van der Waals surface area contributed by atoms with Gasteiger partial charge in [-0.15, -0.1) is 11.3 Å². The van der Waals surface area contributed by atoms with E-state index in [2.05, 4.69) is 10.3 Å². The minimum Gasteiger partial charge on any atom is -0.476 e. The van der Waals surface area contributed by atoms with Crippen LogP contribution in [-0.4, -0.2) is 22.0 Å².